The summed E-state index contributed by atoms with van der Waals surface area (Å²) < 4.78 is 0. The van der Waals surface area contributed by atoms with Crippen LogP contribution in [0.1, 0.15) is 20.8 Å². The van der Waals surface area contributed by atoms with E-state index in [0.29, 0.717) is 6.54 Å². The van der Waals surface area contributed by atoms with Crippen LogP contribution < -0.4 is 10.6 Å². The number of carbonyl (C=O) groups excluding carboxylic acids is 3. The lowest BCUT2D eigenvalue weighted by molar-refractivity contribution is -0.122. The van der Waals surface area contributed by atoms with Gasteiger partial charge in [-0.15, -0.1) is 11.6 Å². The van der Waals surface area contributed by atoms with E-state index in [9.17, 15) is 14.4 Å². The van der Waals surface area contributed by atoms with Crippen LogP contribution in [0.15, 0.2) is 0 Å². The summed E-state index contributed by atoms with van der Waals surface area (Å²) in [7, 11) is 0. The fourth-order valence-electron chi connectivity index (χ4n) is 1.10. The molecule has 0 saturated carbocycles. The standard InChI is InChI=1S/C10H18ClN3O3/c1-4-14(6-9(16)12-7(2)3)10(17)13-8(15)5-11/h7H,4-6H2,1-3H3,(H,12,16)(H,13,15,17). The van der Waals surface area contributed by atoms with Crippen LogP contribution in [-0.2, 0) is 9.59 Å². The number of rotatable bonds is 5. The summed E-state index contributed by atoms with van der Waals surface area (Å²) in [5.41, 5.74) is 0. The summed E-state index contributed by atoms with van der Waals surface area (Å²) in [5.74, 6) is -1.14. The van der Waals surface area contributed by atoms with Crippen molar-refractivity contribution >= 4 is 29.4 Å². The van der Waals surface area contributed by atoms with Crippen LogP contribution >= 0.6 is 11.6 Å². The molecule has 6 nitrogen and oxygen atoms in total. The van der Waals surface area contributed by atoms with E-state index in [-0.39, 0.29) is 24.4 Å². The minimum absolute atomic E-state index is 0.00809. The predicted octanol–water partition coefficient (Wildman–Crippen LogP) is 0.308. The van der Waals surface area contributed by atoms with Gasteiger partial charge in [0.2, 0.25) is 11.8 Å². The number of halogens is 1. The molecule has 0 aromatic rings. The third-order valence-corrected chi connectivity index (χ3v) is 2.06. The molecule has 0 spiro atoms. The van der Waals surface area contributed by atoms with Gasteiger partial charge in [-0.05, 0) is 20.8 Å². The lowest BCUT2D eigenvalue weighted by atomic mass is 10.4. The van der Waals surface area contributed by atoms with Gasteiger partial charge in [-0.25, -0.2) is 4.79 Å². The summed E-state index contributed by atoms with van der Waals surface area (Å²) >= 11 is 5.26. The Balaban J connectivity index is 4.27. The number of imide groups is 1. The lowest BCUT2D eigenvalue weighted by Crippen LogP contribution is -2.48. The van der Waals surface area contributed by atoms with E-state index in [1.807, 2.05) is 13.8 Å². The van der Waals surface area contributed by atoms with Crippen molar-refractivity contribution in [2.45, 2.75) is 26.8 Å². The SMILES string of the molecule is CCN(CC(=O)NC(C)C)C(=O)NC(=O)CCl. The Morgan fingerprint density at radius 2 is 1.82 bits per heavy atom. The zero-order valence-corrected chi connectivity index (χ0v) is 11.0. The van der Waals surface area contributed by atoms with E-state index in [1.165, 1.54) is 4.90 Å². The molecule has 7 heteroatoms. The van der Waals surface area contributed by atoms with Gasteiger partial charge in [-0.2, -0.15) is 0 Å². The number of likely N-dealkylation sites (N-methyl/N-ethyl adjacent to an activating group) is 1. The Hall–Kier alpha value is -1.30. The maximum absolute atomic E-state index is 11.5. The van der Waals surface area contributed by atoms with E-state index in [1.54, 1.807) is 6.92 Å². The van der Waals surface area contributed by atoms with Gasteiger partial charge in [0.15, 0.2) is 0 Å². The molecule has 0 aliphatic carbocycles. The molecule has 98 valence electrons. The number of nitrogens with zero attached hydrogens (tertiary/aromatic N) is 1. The number of hydrogen-bond donors (Lipinski definition) is 2. The highest BCUT2D eigenvalue weighted by Crippen LogP contribution is 1.91. The van der Waals surface area contributed by atoms with Crippen molar-refractivity contribution in [2.24, 2.45) is 0 Å². The first kappa shape index (κ1) is 15.7. The second-order valence-corrected chi connectivity index (χ2v) is 3.99. The van der Waals surface area contributed by atoms with Crippen LogP contribution in [0.2, 0.25) is 0 Å². The van der Waals surface area contributed by atoms with Gasteiger partial charge in [0, 0.05) is 12.6 Å². The molecule has 0 radical (unpaired) electrons. The summed E-state index contributed by atoms with van der Waals surface area (Å²) in [6, 6.07) is -0.606. The van der Waals surface area contributed by atoms with Crippen molar-refractivity contribution in [3.05, 3.63) is 0 Å². The van der Waals surface area contributed by atoms with Crippen molar-refractivity contribution in [3.8, 4) is 0 Å². The van der Waals surface area contributed by atoms with Crippen LogP contribution in [0.3, 0.4) is 0 Å². The zero-order valence-electron chi connectivity index (χ0n) is 10.2. The molecule has 0 aliphatic rings. The molecule has 0 bridgehead atoms. The summed E-state index contributed by atoms with van der Waals surface area (Å²) in [6.07, 6.45) is 0. The molecule has 0 rings (SSSR count). The fraction of sp³-hybridized carbons (Fsp3) is 0.700. The van der Waals surface area contributed by atoms with Crippen molar-refractivity contribution in [1.82, 2.24) is 15.5 Å². The third-order valence-electron chi connectivity index (χ3n) is 1.82. The molecule has 0 heterocycles. The number of alkyl halides is 1. The van der Waals surface area contributed by atoms with Crippen LogP contribution in [-0.4, -0.2) is 47.8 Å². The lowest BCUT2D eigenvalue weighted by Gasteiger charge is -2.20. The van der Waals surface area contributed by atoms with Gasteiger partial charge in [0.05, 0.1) is 0 Å². The molecule has 0 aliphatic heterocycles. The van der Waals surface area contributed by atoms with Crippen LogP contribution in [0.5, 0.6) is 0 Å². The Morgan fingerprint density at radius 1 is 1.24 bits per heavy atom. The van der Waals surface area contributed by atoms with Gasteiger partial charge in [-0.3, -0.25) is 14.9 Å². The van der Waals surface area contributed by atoms with E-state index < -0.39 is 11.9 Å². The molecule has 2 N–H and O–H groups in total. The fourth-order valence-corrected chi connectivity index (χ4v) is 1.17. The first-order valence-corrected chi connectivity index (χ1v) is 5.88. The smallest absolute Gasteiger partial charge is 0.324 e. The average Bonchev–Trinajstić information content (AvgIpc) is 2.24. The largest absolute Gasteiger partial charge is 0.352 e. The minimum Gasteiger partial charge on any atom is -0.352 e. The Kier molecular flexibility index (Phi) is 7.29. The van der Waals surface area contributed by atoms with Gasteiger partial charge in [-0.1, -0.05) is 0 Å². The van der Waals surface area contributed by atoms with Gasteiger partial charge < -0.3 is 10.2 Å². The highest BCUT2D eigenvalue weighted by Gasteiger charge is 2.17. The first-order valence-electron chi connectivity index (χ1n) is 5.34. The highest BCUT2D eigenvalue weighted by molar-refractivity contribution is 6.28. The maximum Gasteiger partial charge on any atom is 0.324 e. The van der Waals surface area contributed by atoms with Crippen LogP contribution in [0.25, 0.3) is 0 Å². The van der Waals surface area contributed by atoms with Crippen molar-refractivity contribution in [1.29, 1.82) is 0 Å². The Bertz CT molecular complexity index is 295. The minimum atomic E-state index is -0.614. The molecule has 4 amide bonds. The number of urea groups is 1. The molecular formula is C10H18ClN3O3. The normalized spacial score (nSPS) is 9.94. The van der Waals surface area contributed by atoms with E-state index in [4.69, 9.17) is 11.6 Å². The van der Waals surface area contributed by atoms with Crippen molar-refractivity contribution in [2.75, 3.05) is 19.0 Å². The van der Waals surface area contributed by atoms with Gasteiger partial charge >= 0.3 is 6.03 Å². The number of nitrogens with one attached hydrogen (secondary N) is 2. The second kappa shape index (κ2) is 7.89. The summed E-state index contributed by atoms with van der Waals surface area (Å²) in [6.45, 7) is 5.60. The maximum atomic E-state index is 11.5. The first-order chi connectivity index (χ1) is 7.90. The third kappa shape index (κ3) is 6.78. The van der Waals surface area contributed by atoms with Crippen molar-refractivity contribution < 1.29 is 14.4 Å². The van der Waals surface area contributed by atoms with E-state index in [2.05, 4.69) is 10.6 Å². The monoisotopic (exact) mass is 263 g/mol. The number of hydrogen-bond acceptors (Lipinski definition) is 3. The number of carbonyl (C=O) groups is 3. The Labute approximate surface area is 106 Å². The highest BCUT2D eigenvalue weighted by atomic mass is 35.5. The molecule has 0 aromatic heterocycles. The Morgan fingerprint density at radius 3 is 2.24 bits per heavy atom. The van der Waals surface area contributed by atoms with Gasteiger partial charge in [0.1, 0.15) is 12.4 Å². The molecular weight excluding hydrogens is 246 g/mol. The molecule has 0 fully saturated rings. The molecule has 0 aromatic carbocycles. The topological polar surface area (TPSA) is 78.5 Å². The van der Waals surface area contributed by atoms with E-state index >= 15 is 0 Å². The quantitative estimate of drug-likeness (QED) is 0.701. The summed E-state index contributed by atoms with van der Waals surface area (Å²) in [5, 5.41) is 4.73. The number of amides is 4. The van der Waals surface area contributed by atoms with Crippen LogP contribution in [0, 0.1) is 0 Å². The molecule has 0 unspecified atom stereocenters. The summed E-state index contributed by atoms with van der Waals surface area (Å²) in [4.78, 5) is 35.1. The predicted molar refractivity (Wildman–Crippen MR) is 64.8 cm³/mol. The van der Waals surface area contributed by atoms with E-state index in [0.717, 1.165) is 0 Å². The van der Waals surface area contributed by atoms with Crippen LogP contribution in [0.4, 0.5) is 4.79 Å². The van der Waals surface area contributed by atoms with Gasteiger partial charge in [0.25, 0.3) is 0 Å². The zero-order chi connectivity index (χ0) is 13.4. The molecule has 17 heavy (non-hydrogen) atoms. The van der Waals surface area contributed by atoms with Crippen molar-refractivity contribution in [3.63, 3.8) is 0 Å². The molecule has 0 atom stereocenters. The second-order valence-electron chi connectivity index (χ2n) is 3.72. The molecule has 0 saturated heterocycles. The average molecular weight is 264 g/mol.